The molecule has 2 aromatic rings. The molecule has 0 aliphatic heterocycles. The topological polar surface area (TPSA) is 0 Å². The molecule has 0 aromatic heterocycles. The molecule has 0 bridgehead atoms. The van der Waals surface area contributed by atoms with Gasteiger partial charge in [-0.1, -0.05) is 58.4 Å². The molecule has 2 rings (SSSR count). The first kappa shape index (κ1) is 9.47. The van der Waals surface area contributed by atoms with Crippen molar-refractivity contribution in [1.82, 2.24) is 0 Å². The van der Waals surface area contributed by atoms with Gasteiger partial charge in [0.25, 0.3) is 0 Å². The Kier molecular flexibility index (Phi) is 2.69. The maximum Gasteiger partial charge on any atom is 0.0210 e. The van der Waals surface area contributed by atoms with E-state index in [0.29, 0.717) is 0 Å². The third kappa shape index (κ3) is 1.73. The fourth-order valence-corrected chi connectivity index (χ4v) is 1.90. The maximum atomic E-state index is 3.54. The molecule has 0 N–H and O–H groups in total. The highest BCUT2D eigenvalue weighted by molar-refractivity contribution is 9.10. The van der Waals surface area contributed by atoms with E-state index in [-0.39, 0.29) is 0 Å². The molecule has 1 heteroatoms. The van der Waals surface area contributed by atoms with Crippen molar-refractivity contribution in [2.24, 2.45) is 0 Å². The number of hydrogen-bond donors (Lipinski definition) is 0. The lowest BCUT2D eigenvalue weighted by atomic mass is 10.0. The third-order valence-corrected chi connectivity index (χ3v) is 3.21. The highest BCUT2D eigenvalue weighted by Gasteiger charge is 2.02. The lowest BCUT2D eigenvalue weighted by Gasteiger charge is -2.07. The van der Waals surface area contributed by atoms with Crippen molar-refractivity contribution in [3.8, 4) is 11.1 Å². The largest absolute Gasteiger partial charge is 0.0622 e. The van der Waals surface area contributed by atoms with E-state index in [0.717, 1.165) is 0 Å². The maximum absolute atomic E-state index is 3.54. The molecule has 0 nitrogen and oxygen atoms in total. The van der Waals surface area contributed by atoms with Crippen molar-refractivity contribution in [2.45, 2.75) is 6.92 Å². The number of rotatable bonds is 1. The summed E-state index contributed by atoms with van der Waals surface area (Å²) < 4.78 is 1.17. The molecule has 0 heterocycles. The first-order valence-electron chi connectivity index (χ1n) is 4.59. The highest BCUT2D eigenvalue weighted by Crippen LogP contribution is 2.27. The quantitative estimate of drug-likeness (QED) is 0.699. The zero-order chi connectivity index (χ0) is 9.97. The van der Waals surface area contributed by atoms with Gasteiger partial charge in [0.05, 0.1) is 0 Å². The fraction of sp³-hybridized carbons (Fsp3) is 0.0769. The Balaban J connectivity index is 2.58. The zero-order valence-electron chi connectivity index (χ0n) is 8.00. The molecule has 0 saturated heterocycles. The molecule has 0 unspecified atom stereocenters. The summed E-state index contributed by atoms with van der Waals surface area (Å²) in [7, 11) is 0. The molecule has 14 heavy (non-hydrogen) atoms. The van der Waals surface area contributed by atoms with Crippen LogP contribution >= 0.6 is 15.9 Å². The van der Waals surface area contributed by atoms with Crippen LogP contribution in [0.25, 0.3) is 11.1 Å². The van der Waals surface area contributed by atoms with Crippen molar-refractivity contribution in [2.75, 3.05) is 0 Å². The molecule has 0 aliphatic carbocycles. The summed E-state index contributed by atoms with van der Waals surface area (Å²) in [5.41, 5.74) is 3.85. The minimum absolute atomic E-state index is 1.17. The van der Waals surface area contributed by atoms with Crippen LogP contribution in [0.4, 0.5) is 0 Å². The standard InChI is InChI=1S/C13H11Br/c1-10-12(8-5-9-13(10)14)11-6-3-2-4-7-11/h2-9H,1H3. The summed E-state index contributed by atoms with van der Waals surface area (Å²) in [5, 5.41) is 0. The molecule has 0 spiro atoms. The summed E-state index contributed by atoms with van der Waals surface area (Å²) in [6, 6.07) is 16.7. The Morgan fingerprint density at radius 1 is 0.857 bits per heavy atom. The lowest BCUT2D eigenvalue weighted by Crippen LogP contribution is -1.83. The predicted molar refractivity (Wildman–Crippen MR) is 64.3 cm³/mol. The van der Waals surface area contributed by atoms with Gasteiger partial charge in [-0.05, 0) is 29.7 Å². The van der Waals surface area contributed by atoms with E-state index in [2.05, 4.69) is 65.3 Å². The van der Waals surface area contributed by atoms with Crippen LogP contribution in [0.3, 0.4) is 0 Å². The van der Waals surface area contributed by atoms with Crippen LogP contribution in [-0.4, -0.2) is 0 Å². The van der Waals surface area contributed by atoms with Crippen LogP contribution in [0.5, 0.6) is 0 Å². The SMILES string of the molecule is Cc1c(Br)cccc1-c1ccccc1. The van der Waals surface area contributed by atoms with Gasteiger partial charge in [-0.25, -0.2) is 0 Å². The van der Waals surface area contributed by atoms with Crippen molar-refractivity contribution < 1.29 is 0 Å². The molecule has 0 saturated carbocycles. The number of benzene rings is 2. The van der Waals surface area contributed by atoms with Crippen molar-refractivity contribution in [1.29, 1.82) is 0 Å². The van der Waals surface area contributed by atoms with Gasteiger partial charge < -0.3 is 0 Å². The number of halogens is 1. The molecule has 0 fully saturated rings. The third-order valence-electron chi connectivity index (χ3n) is 2.35. The number of hydrogen-bond acceptors (Lipinski definition) is 0. The Morgan fingerprint density at radius 3 is 2.29 bits per heavy atom. The van der Waals surface area contributed by atoms with E-state index in [1.54, 1.807) is 0 Å². The molecule has 0 atom stereocenters. The van der Waals surface area contributed by atoms with Crippen molar-refractivity contribution in [3.05, 3.63) is 58.6 Å². The van der Waals surface area contributed by atoms with Crippen LogP contribution in [0.1, 0.15) is 5.56 Å². The van der Waals surface area contributed by atoms with Gasteiger partial charge in [-0.3, -0.25) is 0 Å². The molecule has 2 aromatic carbocycles. The molecule has 0 amide bonds. The minimum atomic E-state index is 1.17. The van der Waals surface area contributed by atoms with Crippen LogP contribution in [0.2, 0.25) is 0 Å². The van der Waals surface area contributed by atoms with Crippen LogP contribution in [0, 0.1) is 6.92 Å². The smallest absolute Gasteiger partial charge is 0.0210 e. The van der Waals surface area contributed by atoms with Crippen molar-refractivity contribution in [3.63, 3.8) is 0 Å². The Hall–Kier alpha value is -1.08. The van der Waals surface area contributed by atoms with Crippen LogP contribution < -0.4 is 0 Å². The fourth-order valence-electron chi connectivity index (χ4n) is 1.54. The van der Waals surface area contributed by atoms with Crippen LogP contribution in [0.15, 0.2) is 53.0 Å². The van der Waals surface area contributed by atoms with Gasteiger partial charge in [0.1, 0.15) is 0 Å². The summed E-state index contributed by atoms with van der Waals surface area (Å²) >= 11 is 3.54. The monoisotopic (exact) mass is 246 g/mol. The molecular formula is C13H11Br. The van der Waals surface area contributed by atoms with E-state index in [9.17, 15) is 0 Å². The Morgan fingerprint density at radius 2 is 1.57 bits per heavy atom. The molecule has 0 aliphatic rings. The van der Waals surface area contributed by atoms with Crippen LogP contribution in [-0.2, 0) is 0 Å². The van der Waals surface area contributed by atoms with E-state index in [4.69, 9.17) is 0 Å². The van der Waals surface area contributed by atoms with Crippen molar-refractivity contribution >= 4 is 15.9 Å². The molecule has 0 radical (unpaired) electrons. The molecular weight excluding hydrogens is 236 g/mol. The van der Waals surface area contributed by atoms with Gasteiger partial charge in [0, 0.05) is 4.47 Å². The van der Waals surface area contributed by atoms with Gasteiger partial charge >= 0.3 is 0 Å². The molecule has 70 valence electrons. The Bertz CT molecular complexity index is 432. The summed E-state index contributed by atoms with van der Waals surface area (Å²) in [5.74, 6) is 0. The zero-order valence-corrected chi connectivity index (χ0v) is 9.58. The first-order chi connectivity index (χ1) is 6.79. The van der Waals surface area contributed by atoms with Gasteiger partial charge in [0.15, 0.2) is 0 Å². The van der Waals surface area contributed by atoms with Gasteiger partial charge in [-0.15, -0.1) is 0 Å². The van der Waals surface area contributed by atoms with Gasteiger partial charge in [-0.2, -0.15) is 0 Å². The second kappa shape index (κ2) is 3.97. The summed E-state index contributed by atoms with van der Waals surface area (Å²) in [4.78, 5) is 0. The van der Waals surface area contributed by atoms with Gasteiger partial charge in [0.2, 0.25) is 0 Å². The highest BCUT2D eigenvalue weighted by atomic mass is 79.9. The average molecular weight is 247 g/mol. The average Bonchev–Trinajstić information content (AvgIpc) is 2.23. The lowest BCUT2D eigenvalue weighted by molar-refractivity contribution is 1.42. The van der Waals surface area contributed by atoms with E-state index < -0.39 is 0 Å². The van der Waals surface area contributed by atoms with E-state index in [1.807, 2.05) is 6.07 Å². The van der Waals surface area contributed by atoms with E-state index >= 15 is 0 Å². The van der Waals surface area contributed by atoms with E-state index in [1.165, 1.54) is 21.2 Å². The summed E-state index contributed by atoms with van der Waals surface area (Å²) in [6.07, 6.45) is 0. The second-order valence-electron chi connectivity index (χ2n) is 3.28. The normalized spacial score (nSPS) is 10.1. The minimum Gasteiger partial charge on any atom is -0.0622 e. The Labute approximate surface area is 92.7 Å². The first-order valence-corrected chi connectivity index (χ1v) is 5.39. The summed E-state index contributed by atoms with van der Waals surface area (Å²) in [6.45, 7) is 2.13. The second-order valence-corrected chi connectivity index (χ2v) is 4.13. The predicted octanol–water partition coefficient (Wildman–Crippen LogP) is 4.42.